The van der Waals surface area contributed by atoms with Crippen LogP contribution in [0.5, 0.6) is 0 Å². The molecule has 0 radical (unpaired) electrons. The topological polar surface area (TPSA) is 20.2 Å². The lowest BCUT2D eigenvalue weighted by molar-refractivity contribution is 0.225. The van der Waals surface area contributed by atoms with Crippen molar-refractivity contribution in [2.45, 2.75) is 13.0 Å². The molecule has 1 aromatic heterocycles. The zero-order valence-electron chi connectivity index (χ0n) is 10.4. The van der Waals surface area contributed by atoms with E-state index in [0.29, 0.717) is 5.39 Å². The first-order valence-electron chi connectivity index (χ1n) is 6.07. The van der Waals surface area contributed by atoms with Gasteiger partial charge < -0.3 is 5.11 Å². The third-order valence-corrected chi connectivity index (χ3v) is 4.42. The van der Waals surface area contributed by atoms with E-state index in [4.69, 9.17) is 0 Å². The Kier molecular flexibility index (Phi) is 3.09. The fourth-order valence-electron chi connectivity index (χ4n) is 2.33. The Bertz CT molecular complexity index is 732. The Morgan fingerprint density at radius 1 is 1.05 bits per heavy atom. The minimum absolute atomic E-state index is 0.255. The summed E-state index contributed by atoms with van der Waals surface area (Å²) < 4.78 is 13.8. The molecule has 1 unspecified atom stereocenters. The molecule has 0 bridgehead atoms. The second-order valence-corrected chi connectivity index (χ2v) is 5.50. The maximum Gasteiger partial charge on any atom is 0.131 e. The zero-order valence-corrected chi connectivity index (χ0v) is 11.2. The monoisotopic (exact) mass is 272 g/mol. The quantitative estimate of drug-likeness (QED) is 0.731. The maximum atomic E-state index is 13.8. The van der Waals surface area contributed by atoms with Crippen LogP contribution in [0.25, 0.3) is 10.8 Å². The first-order valence-corrected chi connectivity index (χ1v) is 6.95. The van der Waals surface area contributed by atoms with Gasteiger partial charge in [0.2, 0.25) is 0 Å². The van der Waals surface area contributed by atoms with Crippen LogP contribution < -0.4 is 0 Å². The van der Waals surface area contributed by atoms with E-state index in [2.05, 4.69) is 0 Å². The number of aliphatic hydroxyl groups excluding tert-OH is 1. The van der Waals surface area contributed by atoms with Gasteiger partial charge >= 0.3 is 0 Å². The van der Waals surface area contributed by atoms with E-state index in [1.807, 2.05) is 30.5 Å². The van der Waals surface area contributed by atoms with Crippen LogP contribution in [0.15, 0.2) is 47.8 Å². The molecular weight excluding hydrogens is 259 g/mol. The normalized spacial score (nSPS) is 12.8. The third-order valence-electron chi connectivity index (χ3n) is 3.35. The summed E-state index contributed by atoms with van der Waals surface area (Å²) in [5.74, 6) is -0.255. The number of benzene rings is 2. The van der Waals surface area contributed by atoms with Gasteiger partial charge in [0.05, 0.1) is 0 Å². The number of hydrogen-bond acceptors (Lipinski definition) is 2. The van der Waals surface area contributed by atoms with Gasteiger partial charge in [-0.2, -0.15) is 0 Å². The standard InChI is InChI=1S/C16H13FOS/c1-10-8-9-19-16(10)15(18)13-6-7-14(17)12-5-3-2-4-11(12)13/h2-9,15,18H,1H3. The summed E-state index contributed by atoms with van der Waals surface area (Å²) in [6, 6.07) is 12.3. The Labute approximate surface area is 115 Å². The van der Waals surface area contributed by atoms with Crippen molar-refractivity contribution in [2.24, 2.45) is 0 Å². The minimum Gasteiger partial charge on any atom is -0.383 e. The Hall–Kier alpha value is -1.71. The maximum absolute atomic E-state index is 13.8. The zero-order chi connectivity index (χ0) is 13.4. The van der Waals surface area contributed by atoms with E-state index < -0.39 is 6.10 Å². The molecule has 0 aliphatic carbocycles. The number of hydrogen-bond donors (Lipinski definition) is 1. The smallest absolute Gasteiger partial charge is 0.131 e. The predicted octanol–water partition coefficient (Wildman–Crippen LogP) is 4.43. The van der Waals surface area contributed by atoms with Crippen molar-refractivity contribution in [1.29, 1.82) is 0 Å². The fraction of sp³-hybridized carbons (Fsp3) is 0.125. The highest BCUT2D eigenvalue weighted by Crippen LogP contribution is 2.34. The first kappa shape index (κ1) is 12.3. The highest BCUT2D eigenvalue weighted by atomic mass is 32.1. The van der Waals surface area contributed by atoms with Gasteiger partial charge in [-0.25, -0.2) is 4.39 Å². The number of aryl methyl sites for hydroxylation is 1. The third kappa shape index (κ3) is 2.05. The SMILES string of the molecule is Cc1ccsc1C(O)c1ccc(F)c2ccccc12. The minimum atomic E-state index is -0.703. The van der Waals surface area contributed by atoms with Gasteiger partial charge in [-0.15, -0.1) is 11.3 Å². The number of halogens is 1. The molecule has 0 amide bonds. The van der Waals surface area contributed by atoms with Gasteiger partial charge in [-0.1, -0.05) is 30.3 Å². The van der Waals surface area contributed by atoms with Crippen LogP contribution in [0.1, 0.15) is 22.1 Å². The van der Waals surface area contributed by atoms with Crippen molar-refractivity contribution in [1.82, 2.24) is 0 Å². The lowest BCUT2D eigenvalue weighted by Gasteiger charge is -2.14. The van der Waals surface area contributed by atoms with Gasteiger partial charge in [0.25, 0.3) is 0 Å². The summed E-state index contributed by atoms with van der Waals surface area (Å²) in [7, 11) is 0. The number of rotatable bonds is 2. The molecule has 0 spiro atoms. The molecule has 1 N–H and O–H groups in total. The lowest BCUT2D eigenvalue weighted by Crippen LogP contribution is -2.00. The molecule has 3 rings (SSSR count). The van der Waals surface area contributed by atoms with Crippen LogP contribution in [0, 0.1) is 12.7 Å². The van der Waals surface area contributed by atoms with Gasteiger partial charge in [0.15, 0.2) is 0 Å². The first-order chi connectivity index (χ1) is 9.18. The Morgan fingerprint density at radius 3 is 2.47 bits per heavy atom. The molecule has 96 valence electrons. The van der Waals surface area contributed by atoms with Gasteiger partial charge in [-0.05, 0) is 40.9 Å². The molecule has 0 fully saturated rings. The van der Waals surface area contributed by atoms with Crippen molar-refractivity contribution in [2.75, 3.05) is 0 Å². The van der Waals surface area contributed by atoms with Gasteiger partial charge in [0, 0.05) is 10.3 Å². The van der Waals surface area contributed by atoms with Crippen LogP contribution in [0.3, 0.4) is 0 Å². The van der Waals surface area contributed by atoms with Crippen LogP contribution >= 0.6 is 11.3 Å². The van der Waals surface area contributed by atoms with Crippen molar-refractivity contribution in [3.63, 3.8) is 0 Å². The number of fused-ring (bicyclic) bond motifs is 1. The summed E-state index contributed by atoms with van der Waals surface area (Å²) in [5, 5.41) is 13.8. The van der Waals surface area contributed by atoms with Crippen LogP contribution in [-0.4, -0.2) is 5.11 Å². The van der Waals surface area contributed by atoms with Gasteiger partial charge in [-0.3, -0.25) is 0 Å². The molecule has 3 aromatic rings. The van der Waals surface area contributed by atoms with E-state index >= 15 is 0 Å². The summed E-state index contributed by atoms with van der Waals surface area (Å²) in [6.45, 7) is 1.97. The Balaban J connectivity index is 2.21. The Morgan fingerprint density at radius 2 is 1.79 bits per heavy atom. The van der Waals surface area contributed by atoms with Crippen LogP contribution in [0.2, 0.25) is 0 Å². The van der Waals surface area contributed by atoms with Gasteiger partial charge in [0.1, 0.15) is 11.9 Å². The molecule has 1 nitrogen and oxygen atoms in total. The fourth-order valence-corrected chi connectivity index (χ4v) is 3.26. The van der Waals surface area contributed by atoms with Crippen molar-refractivity contribution in [3.05, 3.63) is 69.7 Å². The molecule has 0 saturated heterocycles. The average molecular weight is 272 g/mol. The molecule has 0 saturated carbocycles. The second-order valence-electron chi connectivity index (χ2n) is 4.55. The molecule has 19 heavy (non-hydrogen) atoms. The molecular formula is C16H13FOS. The van der Waals surface area contributed by atoms with E-state index in [9.17, 15) is 9.50 Å². The van der Waals surface area contributed by atoms with Crippen molar-refractivity contribution >= 4 is 22.1 Å². The highest BCUT2D eigenvalue weighted by Gasteiger charge is 2.17. The molecule has 0 aliphatic rings. The van der Waals surface area contributed by atoms with E-state index in [0.717, 1.165) is 21.4 Å². The average Bonchev–Trinajstić information content (AvgIpc) is 2.85. The van der Waals surface area contributed by atoms with E-state index in [1.165, 1.54) is 17.4 Å². The molecule has 1 atom stereocenters. The molecule has 0 aliphatic heterocycles. The number of aliphatic hydroxyl groups is 1. The molecule has 2 aromatic carbocycles. The lowest BCUT2D eigenvalue weighted by atomic mass is 9.98. The van der Waals surface area contributed by atoms with Crippen molar-refractivity contribution in [3.8, 4) is 0 Å². The van der Waals surface area contributed by atoms with Crippen LogP contribution in [-0.2, 0) is 0 Å². The number of thiophene rings is 1. The van der Waals surface area contributed by atoms with E-state index in [1.54, 1.807) is 18.2 Å². The summed E-state index contributed by atoms with van der Waals surface area (Å²) >= 11 is 1.52. The predicted molar refractivity (Wildman–Crippen MR) is 77.0 cm³/mol. The highest BCUT2D eigenvalue weighted by molar-refractivity contribution is 7.10. The summed E-state index contributed by atoms with van der Waals surface area (Å²) in [6.07, 6.45) is -0.703. The molecule has 3 heteroatoms. The van der Waals surface area contributed by atoms with Crippen molar-refractivity contribution < 1.29 is 9.50 Å². The summed E-state index contributed by atoms with van der Waals surface area (Å²) in [5.41, 5.74) is 1.81. The summed E-state index contributed by atoms with van der Waals surface area (Å²) in [4.78, 5) is 0.914. The van der Waals surface area contributed by atoms with Crippen LogP contribution in [0.4, 0.5) is 4.39 Å². The molecule has 1 heterocycles. The largest absolute Gasteiger partial charge is 0.383 e. The second kappa shape index (κ2) is 4.76. The van der Waals surface area contributed by atoms with E-state index in [-0.39, 0.29) is 5.82 Å².